The van der Waals surface area contributed by atoms with Crippen LogP contribution in [0.5, 0.6) is 0 Å². The number of hydrogen-bond donors (Lipinski definition) is 0. The second-order valence-electron chi connectivity index (χ2n) is 7.51. The minimum atomic E-state index is -2.08. The number of rotatable bonds is 5. The topological polar surface area (TPSA) is 0 Å². The molecule has 0 aliphatic heterocycles. The summed E-state index contributed by atoms with van der Waals surface area (Å²) in [6, 6.07) is 23.8. The van der Waals surface area contributed by atoms with Crippen molar-refractivity contribution in [3.05, 3.63) is 106 Å². The zero-order valence-corrected chi connectivity index (χ0v) is 22.2. The van der Waals surface area contributed by atoms with Crippen LogP contribution in [0.4, 0.5) is 0 Å². The standard InChI is InChI=1S/C24H29Si.3CH3.Ti/c1-6-17-25(22-13-9-7-10-14-22,23-15-11-8-12-16-23)24(5)18-19(2)20(3)21(24)4;;;;/h7-16H,6,17H2,1-5H3;3*1H3;/q4*-1;+4. The van der Waals surface area contributed by atoms with Crippen molar-refractivity contribution in [3.63, 3.8) is 0 Å². The van der Waals surface area contributed by atoms with Gasteiger partial charge in [-0.25, -0.2) is 5.57 Å². The van der Waals surface area contributed by atoms with E-state index in [-0.39, 0.29) is 49.0 Å². The zero-order valence-electron chi connectivity index (χ0n) is 19.7. The molecule has 3 rings (SSSR count). The van der Waals surface area contributed by atoms with E-state index < -0.39 is 8.07 Å². The monoisotopic (exact) mass is 438 g/mol. The van der Waals surface area contributed by atoms with Crippen molar-refractivity contribution in [2.75, 3.05) is 0 Å². The Bertz CT molecular complexity index is 765. The molecule has 0 N–H and O–H groups in total. The van der Waals surface area contributed by atoms with Crippen LogP contribution in [0.2, 0.25) is 11.1 Å². The van der Waals surface area contributed by atoms with E-state index in [2.05, 4.69) is 101 Å². The van der Waals surface area contributed by atoms with Gasteiger partial charge in [0.15, 0.2) is 0 Å². The molecule has 0 nitrogen and oxygen atoms in total. The Hall–Kier alpha value is -1.15. The Kier molecular flexibility index (Phi) is 12.3. The van der Waals surface area contributed by atoms with E-state index in [1.807, 2.05) is 0 Å². The third-order valence-corrected chi connectivity index (χ3v) is 12.4. The molecule has 0 heterocycles. The van der Waals surface area contributed by atoms with Crippen LogP contribution in [0.15, 0.2) is 77.4 Å². The van der Waals surface area contributed by atoms with Gasteiger partial charge in [0.2, 0.25) is 0 Å². The van der Waals surface area contributed by atoms with Gasteiger partial charge < -0.3 is 22.3 Å². The fourth-order valence-corrected chi connectivity index (χ4v) is 10.8. The van der Waals surface area contributed by atoms with Crippen LogP contribution in [0, 0.1) is 28.4 Å². The molecular formula is C27H38SiTi. The molecule has 0 saturated heterocycles. The zero-order chi connectivity index (χ0) is 18.1. The first kappa shape index (κ1) is 30.0. The van der Waals surface area contributed by atoms with Crippen molar-refractivity contribution >= 4 is 18.4 Å². The summed E-state index contributed by atoms with van der Waals surface area (Å²) in [6.07, 6.45) is 5.15. The van der Waals surface area contributed by atoms with Gasteiger partial charge in [-0.3, -0.25) is 6.08 Å². The molecule has 2 heteroatoms. The van der Waals surface area contributed by atoms with Gasteiger partial charge in [-0.15, -0.1) is 6.92 Å². The summed E-state index contributed by atoms with van der Waals surface area (Å²) in [4.78, 5) is 0. The fraction of sp³-hybridized carbons (Fsp3) is 0.296. The second-order valence-corrected chi connectivity index (χ2v) is 12.0. The maximum absolute atomic E-state index is 3.96. The molecule has 0 fully saturated rings. The average molecular weight is 439 g/mol. The number of benzene rings is 2. The number of allylic oxidation sites excluding steroid dienone is 4. The summed E-state index contributed by atoms with van der Waals surface area (Å²) in [5.74, 6) is 0. The Labute approximate surface area is 197 Å². The third-order valence-electron chi connectivity index (χ3n) is 6.32. The van der Waals surface area contributed by atoms with Crippen molar-refractivity contribution in [3.8, 4) is 0 Å². The van der Waals surface area contributed by atoms with Gasteiger partial charge in [0.05, 0.1) is 0 Å². The molecule has 0 amide bonds. The van der Waals surface area contributed by atoms with Crippen molar-refractivity contribution in [2.24, 2.45) is 0 Å². The molecule has 0 radical (unpaired) electrons. The molecule has 2 aromatic carbocycles. The van der Waals surface area contributed by atoms with Crippen molar-refractivity contribution < 1.29 is 21.7 Å². The Morgan fingerprint density at radius 1 is 0.793 bits per heavy atom. The SMILES string of the molecule is CCC[Si](c1ccccc1)(c1ccccc1)C1(C)[C-]=C(C)C(C)=C1C.[CH3-].[CH3-].[CH3-].[Ti+4]. The second kappa shape index (κ2) is 11.9. The number of hydrogen-bond acceptors (Lipinski definition) is 0. The Morgan fingerprint density at radius 2 is 1.21 bits per heavy atom. The molecule has 1 unspecified atom stereocenters. The van der Waals surface area contributed by atoms with Gasteiger partial charge in [-0.1, -0.05) is 110 Å². The first-order chi connectivity index (χ1) is 12.0. The molecule has 2 aromatic rings. The van der Waals surface area contributed by atoms with Gasteiger partial charge in [-0.2, -0.15) is 11.1 Å². The Balaban J connectivity index is 0. The molecule has 1 aliphatic rings. The Morgan fingerprint density at radius 3 is 1.52 bits per heavy atom. The van der Waals surface area contributed by atoms with Crippen LogP contribution in [0.1, 0.15) is 41.0 Å². The molecule has 0 aromatic heterocycles. The molecular weight excluding hydrogens is 400 g/mol. The molecule has 1 atom stereocenters. The average Bonchev–Trinajstić information content (AvgIpc) is 2.85. The van der Waals surface area contributed by atoms with Crippen molar-refractivity contribution in [1.29, 1.82) is 0 Å². The van der Waals surface area contributed by atoms with E-state index in [4.69, 9.17) is 0 Å². The van der Waals surface area contributed by atoms with Crippen LogP contribution < -0.4 is 10.4 Å². The van der Waals surface area contributed by atoms with Crippen LogP contribution >= 0.6 is 0 Å². The molecule has 0 saturated carbocycles. The van der Waals surface area contributed by atoms with Crippen LogP contribution in [0.25, 0.3) is 0 Å². The van der Waals surface area contributed by atoms with E-state index in [1.165, 1.54) is 39.6 Å². The van der Waals surface area contributed by atoms with E-state index in [0.29, 0.717) is 0 Å². The predicted octanol–water partition coefficient (Wildman–Crippen LogP) is 6.87. The minimum Gasteiger partial charge on any atom is -0.358 e. The summed E-state index contributed by atoms with van der Waals surface area (Å²) < 4.78 is 0. The van der Waals surface area contributed by atoms with Crippen molar-refractivity contribution in [2.45, 2.75) is 52.1 Å². The first-order valence-corrected chi connectivity index (χ1v) is 11.6. The first-order valence-electron chi connectivity index (χ1n) is 9.38. The van der Waals surface area contributed by atoms with Crippen LogP contribution in [-0.2, 0) is 21.7 Å². The molecule has 0 bridgehead atoms. The van der Waals surface area contributed by atoms with Crippen LogP contribution in [0.3, 0.4) is 0 Å². The van der Waals surface area contributed by atoms with E-state index >= 15 is 0 Å². The summed E-state index contributed by atoms with van der Waals surface area (Å²) in [5.41, 5.74) is 4.28. The molecule has 154 valence electrons. The molecule has 1 aliphatic carbocycles. The molecule has 29 heavy (non-hydrogen) atoms. The smallest absolute Gasteiger partial charge is 0.358 e. The summed E-state index contributed by atoms with van der Waals surface area (Å²) in [7, 11) is -2.08. The maximum Gasteiger partial charge on any atom is 4.00 e. The maximum atomic E-state index is 3.96. The van der Waals surface area contributed by atoms with E-state index in [9.17, 15) is 0 Å². The van der Waals surface area contributed by atoms with Gasteiger partial charge in [0.25, 0.3) is 0 Å². The van der Waals surface area contributed by atoms with Crippen LogP contribution in [-0.4, -0.2) is 8.07 Å². The van der Waals surface area contributed by atoms with Gasteiger partial charge >= 0.3 is 21.7 Å². The van der Waals surface area contributed by atoms with Gasteiger partial charge in [0.1, 0.15) is 8.07 Å². The van der Waals surface area contributed by atoms with E-state index in [1.54, 1.807) is 0 Å². The summed E-state index contributed by atoms with van der Waals surface area (Å²) in [5, 5.41) is 3.06. The summed E-state index contributed by atoms with van der Waals surface area (Å²) >= 11 is 0. The van der Waals surface area contributed by atoms with Gasteiger partial charge in [0, 0.05) is 0 Å². The summed E-state index contributed by atoms with van der Waals surface area (Å²) in [6.45, 7) is 11.6. The van der Waals surface area contributed by atoms with Crippen molar-refractivity contribution in [1.82, 2.24) is 0 Å². The minimum absolute atomic E-state index is 0. The quantitative estimate of drug-likeness (QED) is 0.353. The largest absolute Gasteiger partial charge is 4.00 e. The van der Waals surface area contributed by atoms with Gasteiger partial charge in [-0.05, 0) is 6.04 Å². The van der Waals surface area contributed by atoms with E-state index in [0.717, 1.165) is 0 Å². The molecule has 0 spiro atoms. The third kappa shape index (κ3) is 4.79. The predicted molar refractivity (Wildman–Crippen MR) is 131 cm³/mol. The fourth-order valence-electron chi connectivity index (χ4n) is 4.75. The normalized spacial score (nSPS) is 17.9.